The van der Waals surface area contributed by atoms with Crippen molar-refractivity contribution >= 4 is 48.9 Å². The first-order chi connectivity index (χ1) is 21.8. The summed E-state index contributed by atoms with van der Waals surface area (Å²) in [5.74, 6) is -1.85. The molecule has 0 bridgehead atoms. The molecule has 0 saturated carbocycles. The van der Waals surface area contributed by atoms with E-state index in [1.165, 1.54) is 60.7 Å². The Morgan fingerprint density at radius 2 is 1.41 bits per heavy atom. The van der Waals surface area contributed by atoms with E-state index in [-0.39, 0.29) is 42.1 Å². The van der Waals surface area contributed by atoms with Crippen LogP contribution >= 0.6 is 11.6 Å². The first-order valence-electron chi connectivity index (χ1n) is 14.0. The second kappa shape index (κ2) is 11.8. The highest BCUT2D eigenvalue weighted by Crippen LogP contribution is 2.51. The maximum Gasteiger partial charge on any atom is 0.471 e. The van der Waals surface area contributed by atoms with Gasteiger partial charge in [-0.15, -0.1) is 0 Å². The van der Waals surface area contributed by atoms with E-state index in [0.29, 0.717) is 18.5 Å². The summed E-state index contributed by atoms with van der Waals surface area (Å²) < 4.78 is 103. The number of nitrogens with one attached hydrogen (secondary N) is 1. The van der Waals surface area contributed by atoms with Gasteiger partial charge in [0.2, 0.25) is 0 Å². The zero-order chi connectivity index (χ0) is 32.9. The summed E-state index contributed by atoms with van der Waals surface area (Å²) in [5.41, 5.74) is 0.312. The average Bonchev–Trinajstić information content (AvgIpc) is 3.16. The lowest BCUT2D eigenvalue weighted by Crippen LogP contribution is -2.52. The molecule has 1 saturated heterocycles. The monoisotopic (exact) mass is 691 g/mol. The number of carbonyl (C=O) groups excluding carboxylic acids is 1. The molecule has 2 aliphatic rings. The Bertz CT molecular complexity index is 1940. The van der Waals surface area contributed by atoms with E-state index >= 15 is 0 Å². The van der Waals surface area contributed by atoms with Crippen LogP contribution in [-0.2, 0) is 24.8 Å². The van der Waals surface area contributed by atoms with Gasteiger partial charge in [0.25, 0.3) is 20.0 Å². The molecule has 2 heterocycles. The van der Waals surface area contributed by atoms with Gasteiger partial charge in [0.15, 0.2) is 5.75 Å². The third-order valence-electron chi connectivity index (χ3n) is 7.72. The van der Waals surface area contributed by atoms with Crippen molar-refractivity contribution in [3.8, 4) is 11.5 Å². The number of nitrogens with zero attached hydrogens (tertiary/aromatic N) is 2. The van der Waals surface area contributed by atoms with E-state index in [9.17, 15) is 34.8 Å². The van der Waals surface area contributed by atoms with E-state index in [1.807, 2.05) is 0 Å². The van der Waals surface area contributed by atoms with Gasteiger partial charge in [-0.2, -0.15) is 16.9 Å². The number of alkyl halides is 3. The van der Waals surface area contributed by atoms with Crippen molar-refractivity contribution in [3.05, 3.63) is 108 Å². The van der Waals surface area contributed by atoms with Crippen molar-refractivity contribution in [1.82, 2.24) is 5.32 Å². The van der Waals surface area contributed by atoms with Gasteiger partial charge in [-0.1, -0.05) is 66.2 Å². The van der Waals surface area contributed by atoms with Crippen molar-refractivity contribution in [2.45, 2.75) is 40.9 Å². The van der Waals surface area contributed by atoms with Crippen molar-refractivity contribution < 1.29 is 39.5 Å². The minimum Gasteiger partial charge on any atom is -0.455 e. The van der Waals surface area contributed by atoms with E-state index in [1.54, 1.807) is 41.3 Å². The molecule has 0 aliphatic carbocycles. The Hall–Kier alpha value is -4.27. The Morgan fingerprint density at radius 1 is 0.848 bits per heavy atom. The molecule has 0 radical (unpaired) electrons. The van der Waals surface area contributed by atoms with Crippen LogP contribution in [0, 0.1) is 0 Å². The minimum atomic E-state index is -5.10. The highest BCUT2D eigenvalue weighted by molar-refractivity contribution is 8.10. The van der Waals surface area contributed by atoms with Crippen molar-refractivity contribution in [3.63, 3.8) is 0 Å². The summed E-state index contributed by atoms with van der Waals surface area (Å²) in [6.07, 6.45) is -4.48. The quantitative estimate of drug-likeness (QED) is 0.248. The highest BCUT2D eigenvalue weighted by atomic mass is 35.5. The smallest absolute Gasteiger partial charge is 0.455 e. The van der Waals surface area contributed by atoms with Crippen LogP contribution in [-0.4, -0.2) is 41.5 Å². The number of sulfonamides is 2. The number of benzene rings is 4. The van der Waals surface area contributed by atoms with Gasteiger partial charge in [0.1, 0.15) is 5.75 Å². The van der Waals surface area contributed by atoms with Crippen LogP contribution < -0.4 is 18.7 Å². The number of amides is 1. The predicted octanol–water partition coefficient (Wildman–Crippen LogP) is 6.42. The molecule has 0 spiro atoms. The number of fused-ring (bicyclic) bond motifs is 5. The molecule has 0 aromatic heterocycles. The number of hydrogen-bond donors (Lipinski definition) is 1. The first-order valence-corrected chi connectivity index (χ1v) is 17.2. The number of para-hydroxylation sites is 1. The maximum atomic E-state index is 14.1. The lowest BCUT2D eigenvalue weighted by Gasteiger charge is -2.42. The SMILES string of the molecule is O=C(N[C@@H]1CCCN2c3cc(Cl)c(N(S(=O)(=O)c4ccccc4)S(=O)(=O)c4ccccc4)cc3Oc3ccccc3[C@H]12)C(F)(F)F. The van der Waals surface area contributed by atoms with Gasteiger partial charge < -0.3 is 15.0 Å². The number of hydrogen-bond acceptors (Lipinski definition) is 7. The highest BCUT2D eigenvalue weighted by Gasteiger charge is 2.45. The molecule has 240 valence electrons. The van der Waals surface area contributed by atoms with Crippen LogP contribution in [0.2, 0.25) is 5.02 Å². The predicted molar refractivity (Wildman–Crippen MR) is 165 cm³/mol. The second-order valence-electron chi connectivity index (χ2n) is 10.6. The number of halogens is 4. The number of rotatable bonds is 6. The van der Waals surface area contributed by atoms with Gasteiger partial charge in [-0.3, -0.25) is 4.79 Å². The Kier molecular flexibility index (Phi) is 8.15. The van der Waals surface area contributed by atoms with Gasteiger partial charge >= 0.3 is 12.1 Å². The average molecular weight is 692 g/mol. The first kappa shape index (κ1) is 31.7. The zero-order valence-electron chi connectivity index (χ0n) is 23.7. The molecule has 1 amide bonds. The van der Waals surface area contributed by atoms with Gasteiger partial charge in [-0.05, 0) is 49.2 Å². The molecular weight excluding hydrogens is 667 g/mol. The second-order valence-corrected chi connectivity index (χ2v) is 14.8. The number of carbonyl (C=O) groups is 1. The van der Waals surface area contributed by atoms with Gasteiger partial charge in [0, 0.05) is 18.2 Å². The van der Waals surface area contributed by atoms with Crippen LogP contribution in [0.1, 0.15) is 24.4 Å². The molecule has 46 heavy (non-hydrogen) atoms. The third-order valence-corrected chi connectivity index (χ3v) is 12.2. The van der Waals surface area contributed by atoms with E-state index < -0.39 is 49.9 Å². The Balaban J connectivity index is 1.54. The van der Waals surface area contributed by atoms with Gasteiger partial charge in [-0.25, -0.2) is 16.8 Å². The fraction of sp³-hybridized carbons (Fsp3) is 0.194. The lowest BCUT2D eigenvalue weighted by atomic mass is 9.89. The molecule has 0 unspecified atom stereocenters. The summed E-state index contributed by atoms with van der Waals surface area (Å²) in [6.45, 7) is 0.317. The normalized spacial score (nSPS) is 17.9. The Labute approximate surface area is 268 Å². The standard InChI is InChI=1S/C31H25ClF3N3O6S2/c32-23-18-26-28(44-27-16-8-7-14-22(27)29-24(15-9-17-37(26)29)36-30(39)31(33,34)35)19-25(23)38(45(40,41)20-10-3-1-4-11-20)46(42,43)21-12-5-2-6-13-21/h1-8,10-14,16,18-19,24,29H,9,15,17H2,(H,36,39)/t24-,29-/m1/s1. The number of ether oxygens (including phenoxy) is 1. The third kappa shape index (κ3) is 5.65. The largest absolute Gasteiger partial charge is 0.471 e. The van der Waals surface area contributed by atoms with Crippen LogP contribution in [0.15, 0.2) is 107 Å². The van der Waals surface area contributed by atoms with Gasteiger partial charge in [0.05, 0.1) is 38.3 Å². The van der Waals surface area contributed by atoms with Crippen LogP contribution in [0.3, 0.4) is 0 Å². The summed E-state index contributed by atoms with van der Waals surface area (Å²) >= 11 is 6.75. The summed E-state index contributed by atoms with van der Waals surface area (Å²) in [5, 5.41) is 1.83. The van der Waals surface area contributed by atoms with Crippen LogP contribution in [0.5, 0.6) is 11.5 Å². The molecule has 4 aromatic rings. The molecule has 2 aliphatic heterocycles. The fourth-order valence-electron chi connectivity index (χ4n) is 5.73. The molecule has 15 heteroatoms. The van der Waals surface area contributed by atoms with Crippen molar-refractivity contribution in [2.24, 2.45) is 0 Å². The molecule has 6 rings (SSSR count). The molecule has 4 aromatic carbocycles. The topological polar surface area (TPSA) is 113 Å². The molecular formula is C31H25ClF3N3O6S2. The molecule has 9 nitrogen and oxygen atoms in total. The van der Waals surface area contributed by atoms with Crippen molar-refractivity contribution in [2.75, 3.05) is 15.2 Å². The van der Waals surface area contributed by atoms with Crippen LogP contribution in [0.25, 0.3) is 0 Å². The lowest BCUT2D eigenvalue weighted by molar-refractivity contribution is -0.174. The minimum absolute atomic E-state index is 0.00803. The van der Waals surface area contributed by atoms with E-state index in [0.717, 1.165) is 0 Å². The summed E-state index contributed by atoms with van der Waals surface area (Å²) in [4.78, 5) is 13.1. The fourth-order valence-corrected chi connectivity index (χ4v) is 9.83. The number of anilines is 2. The molecule has 1 fully saturated rings. The maximum absolute atomic E-state index is 14.1. The van der Waals surface area contributed by atoms with Crippen LogP contribution in [0.4, 0.5) is 24.5 Å². The number of piperidine rings is 1. The van der Waals surface area contributed by atoms with Crippen molar-refractivity contribution in [1.29, 1.82) is 0 Å². The summed E-state index contributed by atoms with van der Waals surface area (Å²) in [7, 11) is -9.60. The Morgan fingerprint density at radius 3 is 2.00 bits per heavy atom. The summed E-state index contributed by atoms with van der Waals surface area (Å²) in [6, 6.07) is 21.2. The molecule has 1 N–H and O–H groups in total. The van der Waals surface area contributed by atoms with E-state index in [2.05, 4.69) is 5.32 Å². The zero-order valence-corrected chi connectivity index (χ0v) is 26.1. The van der Waals surface area contributed by atoms with E-state index in [4.69, 9.17) is 16.3 Å². The molecule has 2 atom stereocenters.